The first-order valence-corrected chi connectivity index (χ1v) is 8.43. The summed E-state index contributed by atoms with van der Waals surface area (Å²) in [6, 6.07) is 18.3. The fourth-order valence-corrected chi connectivity index (χ4v) is 3.00. The highest BCUT2D eigenvalue weighted by atomic mass is 79.9. The van der Waals surface area contributed by atoms with Crippen LogP contribution in [0, 0.1) is 10.1 Å². The summed E-state index contributed by atoms with van der Waals surface area (Å²) >= 11 is 0. The Kier molecular flexibility index (Phi) is 5.75. The second-order valence-corrected chi connectivity index (χ2v) is 6.17. The minimum Gasteiger partial charge on any atom is -1.00 e. The Hall–Kier alpha value is -3.19. The monoisotopic (exact) mass is 440 g/mol. The van der Waals surface area contributed by atoms with Crippen molar-refractivity contribution in [2.45, 2.75) is 6.54 Å². The van der Waals surface area contributed by atoms with E-state index in [4.69, 9.17) is 9.15 Å². The highest BCUT2D eigenvalue weighted by Crippen LogP contribution is 2.32. The van der Waals surface area contributed by atoms with Crippen molar-refractivity contribution in [1.29, 1.82) is 0 Å². The van der Waals surface area contributed by atoms with Gasteiger partial charge in [0.1, 0.15) is 5.76 Å². The summed E-state index contributed by atoms with van der Waals surface area (Å²) in [5.41, 5.74) is 2.79. The number of para-hydroxylation sites is 1. The van der Waals surface area contributed by atoms with E-state index < -0.39 is 4.92 Å². The number of furan rings is 1. The molecule has 0 saturated heterocycles. The van der Waals surface area contributed by atoms with E-state index in [1.54, 1.807) is 19.2 Å². The largest absolute Gasteiger partial charge is 1.00 e. The van der Waals surface area contributed by atoms with Crippen molar-refractivity contribution in [3.8, 4) is 17.1 Å². The van der Waals surface area contributed by atoms with E-state index in [1.807, 2.05) is 53.4 Å². The zero-order valence-electron chi connectivity index (χ0n) is 15.0. The third-order valence-electron chi connectivity index (χ3n) is 4.42. The van der Waals surface area contributed by atoms with Gasteiger partial charge in [-0.05, 0) is 24.3 Å². The first kappa shape index (κ1) is 19.6. The summed E-state index contributed by atoms with van der Waals surface area (Å²) in [6.07, 6.45) is 3.92. The number of fused-ring (bicyclic) bond motifs is 1. The second kappa shape index (κ2) is 8.22. The molecule has 0 bridgehead atoms. The van der Waals surface area contributed by atoms with Crippen LogP contribution in [-0.4, -0.2) is 12.0 Å². The topological polar surface area (TPSA) is 69.4 Å². The molecule has 0 fully saturated rings. The van der Waals surface area contributed by atoms with Gasteiger partial charge in [-0.1, -0.05) is 12.1 Å². The summed E-state index contributed by atoms with van der Waals surface area (Å²) < 4.78 is 13.3. The van der Waals surface area contributed by atoms with Crippen LogP contribution in [0.2, 0.25) is 0 Å². The number of nitro benzene ring substituents is 1. The molecule has 0 radical (unpaired) electrons. The van der Waals surface area contributed by atoms with Gasteiger partial charge in [0.2, 0.25) is 0 Å². The Morgan fingerprint density at radius 2 is 1.79 bits per heavy atom. The number of methoxy groups -OCH3 is 1. The van der Waals surface area contributed by atoms with Crippen LogP contribution in [0.4, 0.5) is 5.69 Å². The number of pyridine rings is 1. The number of hydrogen-bond donors (Lipinski definition) is 0. The number of aromatic nitrogens is 1. The molecular weight excluding hydrogens is 424 g/mol. The number of nitro groups is 1. The Morgan fingerprint density at radius 1 is 1.07 bits per heavy atom. The van der Waals surface area contributed by atoms with Gasteiger partial charge < -0.3 is 26.1 Å². The molecule has 4 aromatic rings. The third kappa shape index (κ3) is 3.89. The molecule has 2 aromatic carbocycles. The standard InChI is InChI=1S/C21H17N2O4.BrH/c1-26-19-4-2-3-17-13-20(27-21(17)19)16-9-11-22(12-10-16)14-15-5-7-18(8-6-15)23(24)25;/h2-13H,14H2,1H3;1H/q+1;/p-1. The number of halogens is 1. The molecule has 28 heavy (non-hydrogen) atoms. The smallest absolute Gasteiger partial charge is 0.269 e. The van der Waals surface area contributed by atoms with Crippen molar-refractivity contribution < 1.29 is 35.6 Å². The summed E-state index contributed by atoms with van der Waals surface area (Å²) in [6.45, 7) is 0.631. The van der Waals surface area contributed by atoms with Crippen molar-refractivity contribution in [1.82, 2.24) is 0 Å². The van der Waals surface area contributed by atoms with Gasteiger partial charge in [-0.3, -0.25) is 10.1 Å². The average Bonchev–Trinajstić information content (AvgIpc) is 3.13. The summed E-state index contributed by atoms with van der Waals surface area (Å²) in [4.78, 5) is 10.3. The van der Waals surface area contributed by atoms with Crippen LogP contribution in [0.1, 0.15) is 5.56 Å². The molecule has 4 rings (SSSR count). The predicted octanol–water partition coefficient (Wildman–Crippen LogP) is 1.36. The lowest BCUT2D eigenvalue weighted by molar-refractivity contribution is -0.688. The van der Waals surface area contributed by atoms with Gasteiger partial charge in [-0.2, -0.15) is 0 Å². The number of non-ortho nitro benzene ring substituents is 1. The lowest BCUT2D eigenvalue weighted by Crippen LogP contribution is -3.00. The van der Waals surface area contributed by atoms with Crippen LogP contribution in [0.15, 0.2) is 77.5 Å². The summed E-state index contributed by atoms with van der Waals surface area (Å²) in [7, 11) is 1.63. The van der Waals surface area contributed by atoms with Crippen LogP contribution in [0.3, 0.4) is 0 Å². The van der Waals surface area contributed by atoms with E-state index in [0.717, 1.165) is 27.9 Å². The van der Waals surface area contributed by atoms with Gasteiger partial charge >= 0.3 is 0 Å². The molecule has 2 heterocycles. The fourth-order valence-electron chi connectivity index (χ4n) is 3.00. The maximum Gasteiger partial charge on any atom is 0.269 e. The number of benzene rings is 2. The van der Waals surface area contributed by atoms with Crippen molar-refractivity contribution in [3.63, 3.8) is 0 Å². The molecule has 0 saturated carbocycles. The molecule has 0 unspecified atom stereocenters. The Morgan fingerprint density at radius 3 is 2.43 bits per heavy atom. The molecule has 0 amide bonds. The number of hydrogen-bond acceptors (Lipinski definition) is 4. The van der Waals surface area contributed by atoms with Crippen LogP contribution < -0.4 is 26.3 Å². The molecule has 0 atom stereocenters. The van der Waals surface area contributed by atoms with E-state index in [-0.39, 0.29) is 22.7 Å². The van der Waals surface area contributed by atoms with E-state index in [2.05, 4.69) is 0 Å². The van der Waals surface area contributed by atoms with Crippen molar-refractivity contribution in [2.75, 3.05) is 7.11 Å². The van der Waals surface area contributed by atoms with Crippen LogP contribution in [0.25, 0.3) is 22.3 Å². The first-order valence-electron chi connectivity index (χ1n) is 8.43. The van der Waals surface area contributed by atoms with Gasteiger partial charge in [-0.25, -0.2) is 4.57 Å². The molecule has 7 heteroatoms. The number of nitrogens with zero attached hydrogens (tertiary/aromatic N) is 2. The molecule has 142 valence electrons. The molecule has 0 aliphatic rings. The van der Waals surface area contributed by atoms with Gasteiger partial charge in [-0.15, -0.1) is 0 Å². The first-order chi connectivity index (χ1) is 13.1. The molecule has 0 spiro atoms. The van der Waals surface area contributed by atoms with E-state index in [1.165, 1.54) is 12.1 Å². The van der Waals surface area contributed by atoms with E-state index >= 15 is 0 Å². The van der Waals surface area contributed by atoms with Crippen molar-refractivity contribution in [3.05, 3.63) is 88.7 Å². The minimum atomic E-state index is -0.395. The predicted molar refractivity (Wildman–Crippen MR) is 101 cm³/mol. The lowest BCUT2D eigenvalue weighted by Gasteiger charge is -2.00. The maximum atomic E-state index is 10.7. The SMILES string of the molecule is COc1cccc2cc(-c3cc[n+](Cc4ccc([N+](=O)[O-])cc4)cc3)oc12.[Br-]. The Labute approximate surface area is 171 Å². The minimum absolute atomic E-state index is 0. The van der Waals surface area contributed by atoms with Crippen LogP contribution >= 0.6 is 0 Å². The summed E-state index contributed by atoms with van der Waals surface area (Å²) in [5.74, 6) is 1.49. The Bertz CT molecular complexity index is 1110. The molecule has 0 N–H and O–H groups in total. The summed E-state index contributed by atoms with van der Waals surface area (Å²) in [5, 5.41) is 11.7. The van der Waals surface area contributed by atoms with Gasteiger partial charge in [0.25, 0.3) is 5.69 Å². The third-order valence-corrected chi connectivity index (χ3v) is 4.42. The fraction of sp³-hybridized carbons (Fsp3) is 0.0952. The highest BCUT2D eigenvalue weighted by Gasteiger charge is 2.12. The molecular formula is C21H17BrN2O4. The van der Waals surface area contributed by atoms with Gasteiger partial charge in [0.05, 0.1) is 12.0 Å². The quantitative estimate of drug-likeness (QED) is 0.267. The molecule has 2 aromatic heterocycles. The average molecular weight is 441 g/mol. The highest BCUT2D eigenvalue weighted by molar-refractivity contribution is 5.87. The van der Waals surface area contributed by atoms with Crippen LogP contribution in [0.5, 0.6) is 5.75 Å². The van der Waals surface area contributed by atoms with Crippen LogP contribution in [-0.2, 0) is 6.54 Å². The zero-order valence-corrected chi connectivity index (χ0v) is 16.6. The van der Waals surface area contributed by atoms with Gasteiger partial charge in [0.15, 0.2) is 30.3 Å². The van der Waals surface area contributed by atoms with E-state index in [0.29, 0.717) is 12.3 Å². The number of ether oxygens (including phenoxy) is 1. The van der Waals surface area contributed by atoms with Gasteiger partial charge in [0, 0.05) is 40.8 Å². The Balaban J connectivity index is 0.00000225. The molecule has 0 aliphatic heterocycles. The normalized spacial score (nSPS) is 10.5. The molecule has 0 aliphatic carbocycles. The molecule has 6 nitrogen and oxygen atoms in total. The maximum absolute atomic E-state index is 10.7. The zero-order chi connectivity index (χ0) is 18.8. The van der Waals surface area contributed by atoms with E-state index in [9.17, 15) is 10.1 Å². The second-order valence-electron chi connectivity index (χ2n) is 6.17. The van der Waals surface area contributed by atoms with Crippen molar-refractivity contribution >= 4 is 16.7 Å². The lowest BCUT2D eigenvalue weighted by atomic mass is 10.1. The van der Waals surface area contributed by atoms with Crippen molar-refractivity contribution in [2.24, 2.45) is 0 Å². The number of rotatable bonds is 5.